The fourth-order valence-electron chi connectivity index (χ4n) is 3.91. The van der Waals surface area contributed by atoms with Crippen LogP contribution in [-0.4, -0.2) is 86.0 Å². The quantitative estimate of drug-likeness (QED) is 0.722. The molecule has 0 N–H and O–H groups in total. The lowest BCUT2D eigenvalue weighted by Crippen LogP contribution is -2.53. The number of likely N-dealkylation sites (tertiary alicyclic amines) is 1. The third-order valence-corrected chi connectivity index (χ3v) is 5.66. The first-order valence-electron chi connectivity index (χ1n) is 9.99. The van der Waals surface area contributed by atoms with Crippen LogP contribution < -0.4 is 0 Å². The number of hydrogen-bond donors (Lipinski definition) is 0. The van der Waals surface area contributed by atoms with E-state index in [0.29, 0.717) is 25.9 Å². The van der Waals surface area contributed by atoms with E-state index in [2.05, 4.69) is 17.0 Å². The first kappa shape index (κ1) is 19.8. The van der Waals surface area contributed by atoms with E-state index in [1.165, 1.54) is 5.56 Å². The molecular formula is C21H31N3O3. The van der Waals surface area contributed by atoms with Crippen LogP contribution in [0.25, 0.3) is 0 Å². The van der Waals surface area contributed by atoms with E-state index in [9.17, 15) is 9.59 Å². The van der Waals surface area contributed by atoms with E-state index in [1.807, 2.05) is 28.0 Å². The number of hydrogen-bond acceptors (Lipinski definition) is 4. The second-order valence-electron chi connectivity index (χ2n) is 7.47. The Kier molecular flexibility index (Phi) is 7.24. The molecule has 2 fully saturated rings. The van der Waals surface area contributed by atoms with Crippen molar-refractivity contribution in [3.8, 4) is 0 Å². The number of amides is 2. The van der Waals surface area contributed by atoms with Crippen LogP contribution in [0.1, 0.15) is 18.4 Å². The Morgan fingerprint density at radius 2 is 1.85 bits per heavy atom. The number of piperazine rings is 1. The van der Waals surface area contributed by atoms with Crippen LogP contribution in [0.2, 0.25) is 0 Å². The second-order valence-corrected chi connectivity index (χ2v) is 7.47. The van der Waals surface area contributed by atoms with Gasteiger partial charge in [-0.05, 0) is 18.4 Å². The van der Waals surface area contributed by atoms with Crippen molar-refractivity contribution in [2.45, 2.75) is 19.3 Å². The third-order valence-electron chi connectivity index (χ3n) is 5.66. The predicted octanol–water partition coefficient (Wildman–Crippen LogP) is 1.26. The summed E-state index contributed by atoms with van der Waals surface area (Å²) in [6.07, 6.45) is 2.01. The fourth-order valence-corrected chi connectivity index (χ4v) is 3.91. The average Bonchev–Trinajstić information content (AvgIpc) is 2.72. The Bertz CT molecular complexity index is 614. The molecule has 0 aromatic heterocycles. The molecule has 0 bridgehead atoms. The van der Waals surface area contributed by atoms with Gasteiger partial charge in [-0.25, -0.2) is 0 Å². The van der Waals surface area contributed by atoms with E-state index < -0.39 is 0 Å². The zero-order valence-electron chi connectivity index (χ0n) is 16.3. The summed E-state index contributed by atoms with van der Waals surface area (Å²) in [5.41, 5.74) is 1.23. The van der Waals surface area contributed by atoms with Crippen molar-refractivity contribution in [2.24, 2.45) is 5.92 Å². The van der Waals surface area contributed by atoms with Gasteiger partial charge < -0.3 is 14.5 Å². The van der Waals surface area contributed by atoms with Crippen LogP contribution in [0.5, 0.6) is 0 Å². The Labute approximate surface area is 162 Å². The number of ether oxygens (including phenoxy) is 1. The molecule has 6 nitrogen and oxygen atoms in total. The molecule has 0 spiro atoms. The van der Waals surface area contributed by atoms with Gasteiger partial charge in [0.05, 0.1) is 12.5 Å². The summed E-state index contributed by atoms with van der Waals surface area (Å²) >= 11 is 0. The van der Waals surface area contributed by atoms with E-state index in [4.69, 9.17) is 4.74 Å². The summed E-state index contributed by atoms with van der Waals surface area (Å²) in [5, 5.41) is 0. The molecule has 6 heteroatoms. The lowest BCUT2D eigenvalue weighted by molar-refractivity contribution is -0.144. The summed E-state index contributed by atoms with van der Waals surface area (Å²) < 4.78 is 5.13. The maximum Gasteiger partial charge on any atom is 0.227 e. The Morgan fingerprint density at radius 1 is 1.11 bits per heavy atom. The topological polar surface area (TPSA) is 53.1 Å². The zero-order chi connectivity index (χ0) is 19.1. The molecule has 1 atom stereocenters. The highest BCUT2D eigenvalue weighted by atomic mass is 16.5. The lowest BCUT2D eigenvalue weighted by Gasteiger charge is -2.39. The molecule has 0 saturated carbocycles. The highest BCUT2D eigenvalue weighted by Gasteiger charge is 2.33. The van der Waals surface area contributed by atoms with E-state index in [0.717, 1.165) is 45.8 Å². The summed E-state index contributed by atoms with van der Waals surface area (Å²) in [6.45, 7) is 6.26. The van der Waals surface area contributed by atoms with Gasteiger partial charge in [0.1, 0.15) is 0 Å². The summed E-state index contributed by atoms with van der Waals surface area (Å²) in [4.78, 5) is 31.4. The minimum atomic E-state index is -0.0519. The van der Waals surface area contributed by atoms with Gasteiger partial charge in [0, 0.05) is 59.3 Å². The number of methoxy groups -OCH3 is 1. The molecule has 2 heterocycles. The van der Waals surface area contributed by atoms with Gasteiger partial charge >= 0.3 is 0 Å². The van der Waals surface area contributed by atoms with E-state index >= 15 is 0 Å². The molecule has 2 amide bonds. The van der Waals surface area contributed by atoms with Crippen molar-refractivity contribution in [1.82, 2.24) is 14.7 Å². The molecule has 2 saturated heterocycles. The third kappa shape index (κ3) is 5.53. The van der Waals surface area contributed by atoms with Crippen LogP contribution in [0.3, 0.4) is 0 Å². The highest BCUT2D eigenvalue weighted by Crippen LogP contribution is 2.21. The van der Waals surface area contributed by atoms with Crippen LogP contribution in [0.15, 0.2) is 30.3 Å². The van der Waals surface area contributed by atoms with Crippen molar-refractivity contribution in [2.75, 3.05) is 59.5 Å². The van der Waals surface area contributed by atoms with Crippen molar-refractivity contribution in [1.29, 1.82) is 0 Å². The van der Waals surface area contributed by atoms with E-state index in [1.54, 1.807) is 7.11 Å². The zero-order valence-corrected chi connectivity index (χ0v) is 16.3. The summed E-state index contributed by atoms with van der Waals surface area (Å²) in [7, 11) is 1.72. The standard InChI is InChI=1S/C21H31N3O3/c1-27-16-15-22-11-13-23(14-12-22)21(26)19-7-8-20(25)24(17-19)10-9-18-5-3-2-4-6-18/h2-6,19H,7-17H2,1H3/t19-/m0/s1. The van der Waals surface area contributed by atoms with Crippen LogP contribution >= 0.6 is 0 Å². The Balaban J connectivity index is 1.48. The highest BCUT2D eigenvalue weighted by molar-refractivity contribution is 5.84. The number of benzene rings is 1. The molecule has 1 aromatic rings. The minimum absolute atomic E-state index is 0.0519. The number of piperidine rings is 1. The maximum atomic E-state index is 12.9. The number of carbonyl (C=O) groups excluding carboxylic acids is 2. The van der Waals surface area contributed by atoms with Gasteiger partial charge in [-0.1, -0.05) is 30.3 Å². The van der Waals surface area contributed by atoms with Crippen molar-refractivity contribution in [3.63, 3.8) is 0 Å². The van der Waals surface area contributed by atoms with Gasteiger partial charge in [0.25, 0.3) is 0 Å². The van der Waals surface area contributed by atoms with Crippen LogP contribution in [0, 0.1) is 5.92 Å². The van der Waals surface area contributed by atoms with Crippen LogP contribution in [-0.2, 0) is 20.7 Å². The van der Waals surface area contributed by atoms with Crippen LogP contribution in [0.4, 0.5) is 0 Å². The van der Waals surface area contributed by atoms with E-state index in [-0.39, 0.29) is 17.7 Å². The second kappa shape index (κ2) is 9.85. The summed E-state index contributed by atoms with van der Waals surface area (Å²) in [5.74, 6) is 0.349. The Morgan fingerprint density at radius 3 is 2.56 bits per heavy atom. The molecule has 1 aromatic carbocycles. The smallest absolute Gasteiger partial charge is 0.227 e. The SMILES string of the molecule is COCCN1CCN(C(=O)[C@H]2CCC(=O)N(CCc3ccccc3)C2)CC1. The molecule has 3 rings (SSSR count). The van der Waals surface area contributed by atoms with Crippen molar-refractivity contribution in [3.05, 3.63) is 35.9 Å². The largest absolute Gasteiger partial charge is 0.383 e. The number of nitrogens with zero attached hydrogens (tertiary/aromatic N) is 3. The predicted molar refractivity (Wildman–Crippen MR) is 104 cm³/mol. The summed E-state index contributed by atoms with van der Waals surface area (Å²) in [6, 6.07) is 10.2. The van der Waals surface area contributed by atoms with Crippen molar-refractivity contribution >= 4 is 11.8 Å². The monoisotopic (exact) mass is 373 g/mol. The first-order valence-corrected chi connectivity index (χ1v) is 9.99. The van der Waals surface area contributed by atoms with Gasteiger partial charge in [-0.15, -0.1) is 0 Å². The lowest BCUT2D eigenvalue weighted by atomic mass is 9.95. The first-order chi connectivity index (χ1) is 13.2. The van der Waals surface area contributed by atoms with Gasteiger partial charge in [-0.2, -0.15) is 0 Å². The maximum absolute atomic E-state index is 12.9. The molecule has 27 heavy (non-hydrogen) atoms. The average molecular weight is 373 g/mol. The minimum Gasteiger partial charge on any atom is -0.383 e. The molecule has 2 aliphatic heterocycles. The van der Waals surface area contributed by atoms with Crippen molar-refractivity contribution < 1.29 is 14.3 Å². The molecular weight excluding hydrogens is 342 g/mol. The van der Waals surface area contributed by atoms with Gasteiger partial charge in [0.15, 0.2) is 0 Å². The molecule has 0 radical (unpaired) electrons. The molecule has 0 unspecified atom stereocenters. The molecule has 0 aliphatic carbocycles. The molecule has 148 valence electrons. The normalized spacial score (nSPS) is 21.5. The number of carbonyl (C=O) groups is 2. The number of rotatable bonds is 7. The Hall–Kier alpha value is -1.92. The van der Waals surface area contributed by atoms with Gasteiger partial charge in [-0.3, -0.25) is 14.5 Å². The molecule has 2 aliphatic rings. The van der Waals surface area contributed by atoms with Gasteiger partial charge in [0.2, 0.25) is 11.8 Å². The fraction of sp³-hybridized carbons (Fsp3) is 0.619.